The van der Waals surface area contributed by atoms with Crippen molar-refractivity contribution in [3.8, 4) is 0 Å². The standard InChI is InChI=1S/C19H25NO3/c1-23-19(22)15-8-6-14(7-9-15)18(21)20-17-11-10-13-4-2-3-5-16(13)12-17/h6-9,13,16-17H,2-5,10-12H2,1H3,(H,20,21). The van der Waals surface area contributed by atoms with Crippen molar-refractivity contribution in [1.29, 1.82) is 0 Å². The van der Waals surface area contributed by atoms with Crippen LogP contribution in [0.1, 0.15) is 65.7 Å². The molecule has 0 aliphatic heterocycles. The number of esters is 1. The zero-order valence-corrected chi connectivity index (χ0v) is 13.7. The molecule has 4 heteroatoms. The maximum atomic E-state index is 12.4. The molecule has 0 radical (unpaired) electrons. The average Bonchev–Trinajstić information content (AvgIpc) is 2.61. The van der Waals surface area contributed by atoms with Crippen LogP contribution in [-0.4, -0.2) is 25.0 Å². The van der Waals surface area contributed by atoms with Gasteiger partial charge >= 0.3 is 5.97 Å². The van der Waals surface area contributed by atoms with Crippen LogP contribution in [0.3, 0.4) is 0 Å². The number of benzene rings is 1. The third kappa shape index (κ3) is 3.74. The van der Waals surface area contributed by atoms with Crippen molar-refractivity contribution in [2.24, 2.45) is 11.8 Å². The van der Waals surface area contributed by atoms with Gasteiger partial charge in [0.2, 0.25) is 0 Å². The third-order valence-corrected chi connectivity index (χ3v) is 5.44. The molecule has 3 unspecified atom stereocenters. The lowest BCUT2D eigenvalue weighted by Crippen LogP contribution is -2.41. The second-order valence-electron chi connectivity index (χ2n) is 6.86. The molecule has 0 aromatic heterocycles. The first-order valence-electron chi connectivity index (χ1n) is 8.66. The van der Waals surface area contributed by atoms with Gasteiger partial charge in [-0.15, -0.1) is 0 Å². The van der Waals surface area contributed by atoms with Crippen molar-refractivity contribution in [2.45, 2.75) is 51.0 Å². The van der Waals surface area contributed by atoms with E-state index < -0.39 is 0 Å². The minimum Gasteiger partial charge on any atom is -0.465 e. The van der Waals surface area contributed by atoms with Gasteiger partial charge in [0, 0.05) is 11.6 Å². The molecule has 3 atom stereocenters. The van der Waals surface area contributed by atoms with Crippen molar-refractivity contribution < 1.29 is 14.3 Å². The summed E-state index contributed by atoms with van der Waals surface area (Å²) in [4.78, 5) is 23.8. The molecule has 2 fully saturated rings. The Morgan fingerprint density at radius 1 is 0.957 bits per heavy atom. The van der Waals surface area contributed by atoms with Crippen molar-refractivity contribution in [3.05, 3.63) is 35.4 Å². The van der Waals surface area contributed by atoms with E-state index in [9.17, 15) is 9.59 Å². The van der Waals surface area contributed by atoms with E-state index in [4.69, 9.17) is 0 Å². The summed E-state index contributed by atoms with van der Waals surface area (Å²) in [6, 6.07) is 6.95. The largest absolute Gasteiger partial charge is 0.465 e. The van der Waals surface area contributed by atoms with Crippen LogP contribution < -0.4 is 5.32 Å². The number of ether oxygens (including phenoxy) is 1. The number of methoxy groups -OCH3 is 1. The minimum atomic E-state index is -0.382. The lowest BCUT2D eigenvalue weighted by molar-refractivity contribution is 0.0600. The quantitative estimate of drug-likeness (QED) is 0.868. The van der Waals surface area contributed by atoms with E-state index in [1.165, 1.54) is 39.2 Å². The maximum absolute atomic E-state index is 12.4. The number of amides is 1. The normalized spacial score (nSPS) is 26.9. The van der Waals surface area contributed by atoms with E-state index in [1.807, 2.05) is 0 Å². The smallest absolute Gasteiger partial charge is 0.337 e. The highest BCUT2D eigenvalue weighted by atomic mass is 16.5. The Morgan fingerprint density at radius 3 is 2.30 bits per heavy atom. The van der Waals surface area contributed by atoms with Gasteiger partial charge in [0.15, 0.2) is 0 Å². The number of rotatable bonds is 3. The summed E-state index contributed by atoms with van der Waals surface area (Å²) < 4.78 is 4.67. The first kappa shape index (κ1) is 16.0. The Balaban J connectivity index is 1.57. The van der Waals surface area contributed by atoms with E-state index in [0.29, 0.717) is 17.2 Å². The van der Waals surface area contributed by atoms with Crippen LogP contribution in [0.5, 0.6) is 0 Å². The summed E-state index contributed by atoms with van der Waals surface area (Å²) in [5, 5.41) is 3.18. The molecule has 2 saturated carbocycles. The fourth-order valence-electron chi connectivity index (χ4n) is 4.15. The molecule has 124 valence electrons. The Morgan fingerprint density at radius 2 is 1.61 bits per heavy atom. The molecule has 4 nitrogen and oxygen atoms in total. The van der Waals surface area contributed by atoms with Crippen LogP contribution in [-0.2, 0) is 4.74 Å². The number of nitrogens with one attached hydrogen (secondary N) is 1. The van der Waals surface area contributed by atoms with Crippen LogP contribution >= 0.6 is 0 Å². The summed E-state index contributed by atoms with van der Waals surface area (Å²) in [7, 11) is 1.35. The lowest BCUT2D eigenvalue weighted by atomic mass is 9.69. The van der Waals surface area contributed by atoms with E-state index in [-0.39, 0.29) is 11.9 Å². The zero-order chi connectivity index (χ0) is 16.2. The van der Waals surface area contributed by atoms with Gasteiger partial charge in [0.05, 0.1) is 12.7 Å². The average molecular weight is 315 g/mol. The van der Waals surface area contributed by atoms with Gasteiger partial charge in [-0.05, 0) is 55.4 Å². The molecule has 0 heterocycles. The Kier molecular flexibility index (Phi) is 4.99. The number of fused-ring (bicyclic) bond motifs is 1. The van der Waals surface area contributed by atoms with Gasteiger partial charge in [0.25, 0.3) is 5.91 Å². The molecule has 2 aliphatic rings. The van der Waals surface area contributed by atoms with Crippen LogP contribution in [0.15, 0.2) is 24.3 Å². The van der Waals surface area contributed by atoms with Crippen LogP contribution in [0.25, 0.3) is 0 Å². The number of carbonyl (C=O) groups is 2. The van der Waals surface area contributed by atoms with E-state index in [2.05, 4.69) is 10.1 Å². The van der Waals surface area contributed by atoms with Gasteiger partial charge < -0.3 is 10.1 Å². The molecular formula is C19H25NO3. The first-order valence-corrected chi connectivity index (χ1v) is 8.66. The number of carbonyl (C=O) groups excluding carboxylic acids is 2. The van der Waals surface area contributed by atoms with E-state index in [1.54, 1.807) is 24.3 Å². The van der Waals surface area contributed by atoms with Crippen molar-refractivity contribution in [1.82, 2.24) is 5.32 Å². The maximum Gasteiger partial charge on any atom is 0.337 e. The van der Waals surface area contributed by atoms with Gasteiger partial charge in [0.1, 0.15) is 0 Å². The lowest BCUT2D eigenvalue weighted by Gasteiger charge is -2.39. The highest BCUT2D eigenvalue weighted by molar-refractivity contribution is 5.96. The molecule has 3 rings (SSSR count). The molecule has 2 aliphatic carbocycles. The Hall–Kier alpha value is -1.84. The molecule has 0 spiro atoms. The van der Waals surface area contributed by atoms with Gasteiger partial charge in [-0.25, -0.2) is 4.79 Å². The summed E-state index contributed by atoms with van der Waals surface area (Å²) in [5.41, 5.74) is 1.06. The topological polar surface area (TPSA) is 55.4 Å². The fourth-order valence-corrected chi connectivity index (χ4v) is 4.15. The van der Waals surface area contributed by atoms with Gasteiger partial charge in [-0.1, -0.05) is 25.7 Å². The van der Waals surface area contributed by atoms with Crippen LogP contribution in [0.4, 0.5) is 0 Å². The Bertz CT molecular complexity index is 566. The zero-order valence-electron chi connectivity index (χ0n) is 13.7. The third-order valence-electron chi connectivity index (χ3n) is 5.44. The van der Waals surface area contributed by atoms with E-state index >= 15 is 0 Å². The highest BCUT2D eigenvalue weighted by Crippen LogP contribution is 2.40. The fraction of sp³-hybridized carbons (Fsp3) is 0.579. The molecule has 0 saturated heterocycles. The molecule has 1 N–H and O–H groups in total. The summed E-state index contributed by atoms with van der Waals surface area (Å²) in [6.07, 6.45) is 8.88. The molecular weight excluding hydrogens is 290 g/mol. The molecule has 1 aromatic rings. The molecule has 1 amide bonds. The van der Waals surface area contributed by atoms with Gasteiger partial charge in [-0.2, -0.15) is 0 Å². The highest BCUT2D eigenvalue weighted by Gasteiger charge is 2.32. The SMILES string of the molecule is COC(=O)c1ccc(C(=O)NC2CCC3CCCCC3C2)cc1. The van der Waals surface area contributed by atoms with Crippen molar-refractivity contribution in [3.63, 3.8) is 0 Å². The van der Waals surface area contributed by atoms with Crippen LogP contribution in [0.2, 0.25) is 0 Å². The first-order chi connectivity index (χ1) is 11.2. The summed E-state index contributed by atoms with van der Waals surface area (Å²) >= 11 is 0. The summed E-state index contributed by atoms with van der Waals surface area (Å²) in [5.74, 6) is 1.26. The summed E-state index contributed by atoms with van der Waals surface area (Å²) in [6.45, 7) is 0. The molecule has 1 aromatic carbocycles. The van der Waals surface area contributed by atoms with Crippen molar-refractivity contribution in [2.75, 3.05) is 7.11 Å². The second kappa shape index (κ2) is 7.16. The minimum absolute atomic E-state index is 0.0410. The number of hydrogen-bond donors (Lipinski definition) is 1. The monoisotopic (exact) mass is 315 g/mol. The molecule has 0 bridgehead atoms. The second-order valence-corrected chi connectivity index (χ2v) is 6.86. The van der Waals surface area contributed by atoms with Crippen LogP contribution in [0, 0.1) is 11.8 Å². The predicted molar refractivity (Wildman–Crippen MR) is 88.3 cm³/mol. The Labute approximate surface area is 137 Å². The van der Waals surface area contributed by atoms with Gasteiger partial charge in [-0.3, -0.25) is 4.79 Å². The predicted octanol–water partition coefficient (Wildman–Crippen LogP) is 3.56. The van der Waals surface area contributed by atoms with Crippen molar-refractivity contribution >= 4 is 11.9 Å². The van der Waals surface area contributed by atoms with E-state index in [0.717, 1.165) is 24.7 Å². The number of hydrogen-bond acceptors (Lipinski definition) is 3. The molecule has 23 heavy (non-hydrogen) atoms.